The minimum absolute atomic E-state index is 0.770. The quantitative estimate of drug-likeness (QED) is 0.772. The number of nitrogens with one attached hydrogen (secondary N) is 1. The zero-order valence-electron chi connectivity index (χ0n) is 8.66. The number of hydrogen-bond donors (Lipinski definition) is 1. The van der Waals surface area contributed by atoms with Crippen molar-refractivity contribution in [2.24, 2.45) is 5.92 Å². The average Bonchev–Trinajstić information content (AvgIpc) is 2.99. The maximum Gasteiger partial charge on any atom is 0.143 e. The van der Waals surface area contributed by atoms with Gasteiger partial charge in [0.1, 0.15) is 11.8 Å². The van der Waals surface area contributed by atoms with Crippen molar-refractivity contribution in [1.29, 1.82) is 5.26 Å². The Morgan fingerprint density at radius 1 is 1.53 bits per heavy atom. The van der Waals surface area contributed by atoms with Crippen LogP contribution in [0, 0.1) is 17.2 Å². The largest absolute Gasteiger partial charge is 0.312 e. The van der Waals surface area contributed by atoms with Gasteiger partial charge in [0.2, 0.25) is 0 Å². The maximum atomic E-state index is 9.16. The Labute approximate surface area is 88.9 Å². The fourth-order valence-corrected chi connectivity index (χ4v) is 2.16. The zero-order chi connectivity index (χ0) is 10.3. The third-order valence-electron chi connectivity index (χ3n) is 3.21. The van der Waals surface area contributed by atoms with E-state index in [1.54, 1.807) is 0 Å². The van der Waals surface area contributed by atoms with Gasteiger partial charge in [-0.2, -0.15) is 10.4 Å². The van der Waals surface area contributed by atoms with Gasteiger partial charge in [0.05, 0.1) is 5.69 Å². The molecule has 1 aromatic heterocycles. The summed E-state index contributed by atoms with van der Waals surface area (Å²) in [6.07, 6.45) is 3.56. The van der Waals surface area contributed by atoms with Gasteiger partial charge in [-0.25, -0.2) is 0 Å². The normalized spacial score (nSPS) is 19.7. The van der Waals surface area contributed by atoms with Gasteiger partial charge in [0.25, 0.3) is 0 Å². The fraction of sp³-hybridized carbons (Fsp3) is 0.636. The molecule has 0 amide bonds. The second kappa shape index (κ2) is 3.35. The lowest BCUT2D eigenvalue weighted by Crippen LogP contribution is -2.23. The third kappa shape index (κ3) is 1.53. The summed E-state index contributed by atoms with van der Waals surface area (Å²) >= 11 is 0. The number of aromatic nitrogens is 2. The van der Waals surface area contributed by atoms with Crippen LogP contribution in [0.1, 0.15) is 29.8 Å². The smallest absolute Gasteiger partial charge is 0.143 e. The summed E-state index contributed by atoms with van der Waals surface area (Å²) in [4.78, 5) is 0. The molecular formula is C11H14N4. The van der Waals surface area contributed by atoms with Crippen LogP contribution in [-0.4, -0.2) is 16.3 Å². The summed E-state index contributed by atoms with van der Waals surface area (Å²) in [5.74, 6) is 0.770. The van der Waals surface area contributed by atoms with Gasteiger partial charge in [-0.05, 0) is 18.8 Å². The molecule has 0 spiro atoms. The van der Waals surface area contributed by atoms with E-state index < -0.39 is 0 Å². The molecule has 0 saturated heterocycles. The van der Waals surface area contributed by atoms with E-state index in [0.29, 0.717) is 0 Å². The molecule has 3 rings (SSSR count). The van der Waals surface area contributed by atoms with Crippen LogP contribution in [0.2, 0.25) is 0 Å². The Kier molecular flexibility index (Phi) is 2.00. The van der Waals surface area contributed by atoms with Gasteiger partial charge >= 0.3 is 0 Å². The second-order valence-electron chi connectivity index (χ2n) is 4.44. The molecule has 0 radical (unpaired) electrons. The van der Waals surface area contributed by atoms with Crippen molar-refractivity contribution in [3.63, 3.8) is 0 Å². The Morgan fingerprint density at radius 3 is 3.13 bits per heavy atom. The Bertz CT molecular complexity index is 423. The molecule has 1 aromatic rings. The van der Waals surface area contributed by atoms with E-state index in [1.165, 1.54) is 12.8 Å². The van der Waals surface area contributed by atoms with Crippen molar-refractivity contribution < 1.29 is 0 Å². The van der Waals surface area contributed by atoms with Crippen LogP contribution in [0.15, 0.2) is 0 Å². The van der Waals surface area contributed by atoms with Crippen molar-refractivity contribution in [1.82, 2.24) is 15.1 Å². The van der Waals surface area contributed by atoms with Crippen LogP contribution >= 0.6 is 0 Å². The topological polar surface area (TPSA) is 53.6 Å². The monoisotopic (exact) mass is 202 g/mol. The fourth-order valence-electron chi connectivity index (χ4n) is 2.16. The minimum Gasteiger partial charge on any atom is -0.312 e. The van der Waals surface area contributed by atoms with Gasteiger partial charge in [-0.1, -0.05) is 0 Å². The van der Waals surface area contributed by atoms with Crippen LogP contribution in [-0.2, 0) is 19.5 Å². The molecule has 4 heteroatoms. The molecule has 1 aliphatic carbocycles. The molecule has 2 aliphatic rings. The molecule has 2 heterocycles. The lowest BCUT2D eigenvalue weighted by Gasteiger charge is -2.10. The van der Waals surface area contributed by atoms with Crippen LogP contribution in [0.25, 0.3) is 0 Å². The van der Waals surface area contributed by atoms with Gasteiger partial charge in [0, 0.05) is 31.6 Å². The highest BCUT2D eigenvalue weighted by Gasteiger charge is 2.26. The lowest BCUT2D eigenvalue weighted by atomic mass is 10.1. The summed E-state index contributed by atoms with van der Waals surface area (Å²) in [6.45, 7) is 2.73. The molecule has 0 aromatic carbocycles. The number of nitriles is 1. The molecule has 1 fully saturated rings. The predicted octanol–water partition coefficient (Wildman–Crippen LogP) is 0.810. The summed E-state index contributed by atoms with van der Waals surface area (Å²) in [6, 6.07) is 2.30. The molecule has 0 bridgehead atoms. The average molecular weight is 202 g/mol. The molecule has 78 valence electrons. The van der Waals surface area contributed by atoms with Crippen LogP contribution in [0.4, 0.5) is 0 Å². The van der Waals surface area contributed by atoms with Gasteiger partial charge in [-0.3, -0.25) is 4.68 Å². The van der Waals surface area contributed by atoms with E-state index in [0.717, 1.165) is 48.9 Å². The van der Waals surface area contributed by atoms with Crippen molar-refractivity contribution in [2.45, 2.75) is 32.4 Å². The van der Waals surface area contributed by atoms with Crippen LogP contribution in [0.3, 0.4) is 0 Å². The molecule has 4 nitrogen and oxygen atoms in total. The maximum absolute atomic E-state index is 9.16. The molecule has 1 saturated carbocycles. The minimum atomic E-state index is 0.770. The van der Waals surface area contributed by atoms with E-state index in [2.05, 4.69) is 16.5 Å². The standard InChI is InChI=1S/C11H14N4/c12-5-11-9-6-13-4-3-10(9)14-15(11)7-8-1-2-8/h8,13H,1-4,6-7H2. The van der Waals surface area contributed by atoms with E-state index >= 15 is 0 Å². The number of hydrogen-bond acceptors (Lipinski definition) is 3. The zero-order valence-corrected chi connectivity index (χ0v) is 8.66. The van der Waals surface area contributed by atoms with E-state index in [-0.39, 0.29) is 0 Å². The first-order valence-corrected chi connectivity index (χ1v) is 5.58. The van der Waals surface area contributed by atoms with Crippen molar-refractivity contribution in [3.05, 3.63) is 17.0 Å². The molecule has 0 unspecified atom stereocenters. The summed E-state index contributed by atoms with van der Waals surface area (Å²) in [7, 11) is 0. The molecular weight excluding hydrogens is 188 g/mol. The predicted molar refractivity (Wildman–Crippen MR) is 55.1 cm³/mol. The molecule has 15 heavy (non-hydrogen) atoms. The highest BCUT2D eigenvalue weighted by Crippen LogP contribution is 2.31. The van der Waals surface area contributed by atoms with Crippen molar-refractivity contribution in [2.75, 3.05) is 6.54 Å². The Balaban J connectivity index is 1.98. The summed E-state index contributed by atoms with van der Waals surface area (Å²) in [5, 5.41) is 17.0. The number of nitrogens with zero attached hydrogens (tertiary/aromatic N) is 3. The highest BCUT2D eigenvalue weighted by molar-refractivity contribution is 5.37. The van der Waals surface area contributed by atoms with Crippen LogP contribution < -0.4 is 5.32 Å². The summed E-state index contributed by atoms with van der Waals surface area (Å²) < 4.78 is 1.93. The van der Waals surface area contributed by atoms with Gasteiger partial charge < -0.3 is 5.32 Å². The number of fused-ring (bicyclic) bond motifs is 1. The highest BCUT2D eigenvalue weighted by atomic mass is 15.3. The first-order valence-electron chi connectivity index (χ1n) is 5.58. The summed E-state index contributed by atoms with van der Waals surface area (Å²) in [5.41, 5.74) is 3.04. The SMILES string of the molecule is N#Cc1c2c(nn1CC1CC1)CCNC2. The molecule has 1 aliphatic heterocycles. The van der Waals surface area contributed by atoms with Crippen molar-refractivity contribution >= 4 is 0 Å². The first-order chi connectivity index (χ1) is 7.38. The first kappa shape index (κ1) is 8.93. The third-order valence-corrected chi connectivity index (χ3v) is 3.21. The Hall–Kier alpha value is -1.34. The van der Waals surface area contributed by atoms with E-state index in [1.807, 2.05) is 4.68 Å². The van der Waals surface area contributed by atoms with Crippen molar-refractivity contribution in [3.8, 4) is 6.07 Å². The molecule has 0 atom stereocenters. The Morgan fingerprint density at radius 2 is 2.40 bits per heavy atom. The lowest BCUT2D eigenvalue weighted by molar-refractivity contribution is 0.550. The number of rotatable bonds is 2. The second-order valence-corrected chi connectivity index (χ2v) is 4.44. The van der Waals surface area contributed by atoms with E-state index in [9.17, 15) is 0 Å². The van der Waals surface area contributed by atoms with Gasteiger partial charge in [0.15, 0.2) is 0 Å². The van der Waals surface area contributed by atoms with Crippen LogP contribution in [0.5, 0.6) is 0 Å². The van der Waals surface area contributed by atoms with E-state index in [4.69, 9.17) is 5.26 Å². The molecule has 1 N–H and O–H groups in total. The van der Waals surface area contributed by atoms with Gasteiger partial charge in [-0.15, -0.1) is 0 Å².